The van der Waals surface area contributed by atoms with Crippen LogP contribution < -0.4 is 5.32 Å². The predicted molar refractivity (Wildman–Crippen MR) is 95.5 cm³/mol. The van der Waals surface area contributed by atoms with E-state index in [0.29, 0.717) is 0 Å². The minimum absolute atomic E-state index is 0.117. The predicted octanol–water partition coefficient (Wildman–Crippen LogP) is 2.16. The summed E-state index contributed by atoms with van der Waals surface area (Å²) in [6, 6.07) is 0. The number of hydrogen-bond donors (Lipinski definition) is 1. The summed E-state index contributed by atoms with van der Waals surface area (Å²) in [5, 5.41) is 17.5. The molecule has 0 radical (unpaired) electrons. The van der Waals surface area contributed by atoms with Gasteiger partial charge < -0.3 is 9.88 Å². The summed E-state index contributed by atoms with van der Waals surface area (Å²) >= 11 is 0. The smallest absolute Gasteiger partial charge is 0.163 e. The molecule has 8 heteroatoms. The van der Waals surface area contributed by atoms with Gasteiger partial charge in [-0.1, -0.05) is 0 Å². The topological polar surface area (TPSA) is 86.3 Å². The van der Waals surface area contributed by atoms with Crippen molar-refractivity contribution in [3.8, 4) is 0 Å². The zero-order valence-electron chi connectivity index (χ0n) is 15.0. The highest BCUT2D eigenvalue weighted by atomic mass is 15.3. The van der Waals surface area contributed by atoms with Gasteiger partial charge in [-0.25, -0.2) is 14.6 Å². The average molecular weight is 340 g/mol. The first-order chi connectivity index (χ1) is 12.0. The molecule has 0 unspecified atom stereocenters. The van der Waals surface area contributed by atoms with Crippen molar-refractivity contribution in [2.45, 2.75) is 58.5 Å². The van der Waals surface area contributed by atoms with Gasteiger partial charge in [-0.15, -0.1) is 10.2 Å². The summed E-state index contributed by atoms with van der Waals surface area (Å²) in [5.41, 5.74) is 0.735. The number of rotatable bonds is 4. The number of aromatic nitrogens is 7. The molecular weight excluding hydrogens is 316 g/mol. The van der Waals surface area contributed by atoms with E-state index in [-0.39, 0.29) is 5.54 Å². The molecule has 0 amide bonds. The Balaban J connectivity index is 1.50. The summed E-state index contributed by atoms with van der Waals surface area (Å²) in [6.07, 6.45) is 7.72. The molecule has 0 bridgehead atoms. The zero-order valence-corrected chi connectivity index (χ0v) is 15.0. The fourth-order valence-corrected chi connectivity index (χ4v) is 3.32. The first-order valence-electron chi connectivity index (χ1n) is 8.88. The van der Waals surface area contributed by atoms with E-state index < -0.39 is 0 Å². The van der Waals surface area contributed by atoms with E-state index in [1.807, 2.05) is 10.9 Å². The molecule has 1 aliphatic heterocycles. The van der Waals surface area contributed by atoms with Gasteiger partial charge in [0.1, 0.15) is 23.8 Å². The largest absolute Gasteiger partial charge is 0.369 e. The first kappa shape index (κ1) is 16.0. The molecule has 4 rings (SSSR count). The third kappa shape index (κ3) is 2.96. The van der Waals surface area contributed by atoms with Crippen LogP contribution in [0, 0.1) is 0 Å². The minimum atomic E-state index is -0.117. The highest BCUT2D eigenvalue weighted by molar-refractivity contribution is 5.86. The molecule has 1 aliphatic rings. The third-order valence-corrected chi connectivity index (χ3v) is 4.58. The maximum absolute atomic E-state index is 4.49. The Bertz CT molecular complexity index is 886. The fourth-order valence-electron chi connectivity index (χ4n) is 3.32. The van der Waals surface area contributed by atoms with Crippen molar-refractivity contribution >= 4 is 16.9 Å². The number of aryl methyl sites for hydroxylation is 1. The van der Waals surface area contributed by atoms with Gasteiger partial charge in [0.15, 0.2) is 5.65 Å². The molecule has 0 fully saturated rings. The number of nitrogens with zero attached hydrogens (tertiary/aromatic N) is 7. The van der Waals surface area contributed by atoms with E-state index in [1.54, 1.807) is 6.33 Å². The van der Waals surface area contributed by atoms with E-state index >= 15 is 0 Å². The van der Waals surface area contributed by atoms with Gasteiger partial charge in [0.05, 0.1) is 17.1 Å². The summed E-state index contributed by atoms with van der Waals surface area (Å²) in [7, 11) is 0. The van der Waals surface area contributed by atoms with Gasteiger partial charge in [0.25, 0.3) is 0 Å². The van der Waals surface area contributed by atoms with Gasteiger partial charge in [0, 0.05) is 25.9 Å². The third-order valence-electron chi connectivity index (χ3n) is 4.58. The Kier molecular flexibility index (Phi) is 3.89. The van der Waals surface area contributed by atoms with E-state index in [4.69, 9.17) is 0 Å². The molecule has 0 saturated carbocycles. The van der Waals surface area contributed by atoms with Crippen molar-refractivity contribution in [3.63, 3.8) is 0 Å². The maximum Gasteiger partial charge on any atom is 0.163 e. The lowest BCUT2D eigenvalue weighted by atomic mass is 10.1. The molecular formula is C17H24N8. The van der Waals surface area contributed by atoms with Crippen LogP contribution in [-0.2, 0) is 24.9 Å². The molecule has 3 aromatic heterocycles. The Morgan fingerprint density at radius 3 is 2.88 bits per heavy atom. The Labute approximate surface area is 146 Å². The lowest BCUT2D eigenvalue weighted by Crippen LogP contribution is -2.23. The molecule has 0 aromatic carbocycles. The quantitative estimate of drug-likeness (QED) is 0.783. The molecule has 132 valence electrons. The molecule has 3 aromatic rings. The van der Waals surface area contributed by atoms with Crippen LogP contribution in [0.5, 0.6) is 0 Å². The summed E-state index contributed by atoms with van der Waals surface area (Å²) in [5.74, 6) is 2.99. The maximum atomic E-state index is 4.49. The molecule has 25 heavy (non-hydrogen) atoms. The van der Waals surface area contributed by atoms with E-state index in [2.05, 4.69) is 55.9 Å². The van der Waals surface area contributed by atoms with Crippen LogP contribution in [0.25, 0.3) is 11.0 Å². The van der Waals surface area contributed by atoms with Crippen LogP contribution >= 0.6 is 0 Å². The van der Waals surface area contributed by atoms with Gasteiger partial charge in [-0.2, -0.15) is 5.10 Å². The van der Waals surface area contributed by atoms with Crippen LogP contribution in [0.1, 0.15) is 45.3 Å². The van der Waals surface area contributed by atoms with Crippen molar-refractivity contribution in [1.29, 1.82) is 0 Å². The van der Waals surface area contributed by atoms with Crippen LogP contribution in [-0.4, -0.2) is 41.1 Å². The number of hydrogen-bond acceptors (Lipinski definition) is 6. The molecule has 8 nitrogen and oxygen atoms in total. The van der Waals surface area contributed by atoms with Crippen LogP contribution in [0.2, 0.25) is 0 Å². The van der Waals surface area contributed by atoms with Gasteiger partial charge in [-0.3, -0.25) is 0 Å². The minimum Gasteiger partial charge on any atom is -0.369 e. The molecule has 0 saturated heterocycles. The van der Waals surface area contributed by atoms with Crippen molar-refractivity contribution < 1.29 is 0 Å². The van der Waals surface area contributed by atoms with Crippen LogP contribution in [0.4, 0.5) is 5.82 Å². The van der Waals surface area contributed by atoms with Gasteiger partial charge >= 0.3 is 0 Å². The lowest BCUT2D eigenvalue weighted by Gasteiger charge is -2.19. The van der Waals surface area contributed by atoms with Crippen molar-refractivity contribution in [3.05, 3.63) is 24.2 Å². The molecule has 0 spiro atoms. The van der Waals surface area contributed by atoms with Gasteiger partial charge in [0.2, 0.25) is 0 Å². The zero-order chi connectivity index (χ0) is 17.4. The summed E-state index contributed by atoms with van der Waals surface area (Å²) in [6.45, 7) is 8.13. The molecule has 0 aliphatic carbocycles. The van der Waals surface area contributed by atoms with E-state index in [0.717, 1.165) is 54.4 Å². The first-order valence-corrected chi connectivity index (χ1v) is 8.88. The van der Waals surface area contributed by atoms with Crippen molar-refractivity contribution in [2.24, 2.45) is 0 Å². The monoisotopic (exact) mass is 340 g/mol. The van der Waals surface area contributed by atoms with Gasteiger partial charge in [-0.05, 0) is 33.6 Å². The summed E-state index contributed by atoms with van der Waals surface area (Å²) in [4.78, 5) is 8.80. The second kappa shape index (κ2) is 6.09. The van der Waals surface area contributed by atoms with Crippen LogP contribution in [0.3, 0.4) is 0 Å². The van der Waals surface area contributed by atoms with E-state index in [9.17, 15) is 0 Å². The summed E-state index contributed by atoms with van der Waals surface area (Å²) < 4.78 is 4.20. The molecule has 0 atom stereocenters. The fraction of sp³-hybridized carbons (Fsp3) is 0.588. The Hall–Kier alpha value is -2.51. The second-order valence-electron chi connectivity index (χ2n) is 7.50. The van der Waals surface area contributed by atoms with Crippen LogP contribution in [0.15, 0.2) is 12.5 Å². The number of fused-ring (bicyclic) bond motifs is 2. The highest BCUT2D eigenvalue weighted by Gasteiger charge is 2.20. The Morgan fingerprint density at radius 1 is 1.16 bits per heavy atom. The second-order valence-corrected chi connectivity index (χ2v) is 7.50. The highest BCUT2D eigenvalue weighted by Crippen LogP contribution is 2.24. The normalized spacial score (nSPS) is 14.7. The molecule has 1 N–H and O–H groups in total. The number of nitrogens with one attached hydrogen (secondary N) is 1. The standard InChI is InChI=1S/C17H24N8/c1-17(2,3)25-16-12(10-21-25)15(19-11-20-16)18-8-7-14-23-22-13-6-4-5-9-24(13)14/h10-11H,4-9H2,1-3H3,(H,18,19,20). The molecule has 4 heterocycles. The Morgan fingerprint density at radius 2 is 2.04 bits per heavy atom. The SMILES string of the molecule is CC(C)(C)n1ncc2c(NCCc3nnc4n3CCCC4)ncnc21. The average Bonchev–Trinajstić information content (AvgIpc) is 3.19. The van der Waals surface area contributed by atoms with Crippen molar-refractivity contribution in [1.82, 2.24) is 34.5 Å². The number of anilines is 1. The van der Waals surface area contributed by atoms with Crippen molar-refractivity contribution in [2.75, 3.05) is 11.9 Å². The van der Waals surface area contributed by atoms with E-state index in [1.165, 1.54) is 12.8 Å². The lowest BCUT2D eigenvalue weighted by molar-refractivity contribution is 0.366.